The Labute approximate surface area is 69.6 Å². The van der Waals surface area contributed by atoms with Crippen LogP contribution in [0.4, 0.5) is 8.78 Å². The summed E-state index contributed by atoms with van der Waals surface area (Å²) in [5.74, 6) is -4.34. The van der Waals surface area contributed by atoms with Gasteiger partial charge in [-0.1, -0.05) is 13.3 Å². The molecule has 3 nitrogen and oxygen atoms in total. The molecular formula is C7H13F2NO2. The standard InChI is InChI=1S/C7H13F2NO2/c1-2-3-7(8,9)4-5(10)6(11)12/h5H,2-4,10H2,1H3,(H,11,12)/t5-/m0/s1. The summed E-state index contributed by atoms with van der Waals surface area (Å²) in [5, 5.41) is 8.26. The van der Waals surface area contributed by atoms with E-state index in [0.29, 0.717) is 6.42 Å². The molecule has 0 aromatic carbocycles. The van der Waals surface area contributed by atoms with Gasteiger partial charge in [0.25, 0.3) is 0 Å². The molecule has 0 fully saturated rings. The van der Waals surface area contributed by atoms with E-state index in [4.69, 9.17) is 10.8 Å². The Morgan fingerprint density at radius 1 is 1.67 bits per heavy atom. The molecule has 0 radical (unpaired) electrons. The Kier molecular flexibility index (Phi) is 4.09. The summed E-state index contributed by atoms with van der Waals surface area (Å²) < 4.78 is 25.4. The van der Waals surface area contributed by atoms with Crippen molar-refractivity contribution in [2.45, 2.75) is 38.2 Å². The zero-order chi connectivity index (χ0) is 9.78. The minimum Gasteiger partial charge on any atom is -0.480 e. The smallest absolute Gasteiger partial charge is 0.320 e. The van der Waals surface area contributed by atoms with Crippen molar-refractivity contribution in [1.82, 2.24) is 0 Å². The molecular weight excluding hydrogens is 168 g/mol. The van der Waals surface area contributed by atoms with Crippen LogP contribution < -0.4 is 5.73 Å². The fourth-order valence-corrected chi connectivity index (χ4v) is 0.877. The van der Waals surface area contributed by atoms with Gasteiger partial charge in [-0.25, -0.2) is 8.78 Å². The molecule has 0 heterocycles. The molecule has 0 aromatic rings. The molecule has 0 amide bonds. The first-order valence-electron chi connectivity index (χ1n) is 3.75. The van der Waals surface area contributed by atoms with Crippen molar-refractivity contribution < 1.29 is 18.7 Å². The monoisotopic (exact) mass is 181 g/mol. The van der Waals surface area contributed by atoms with Crippen molar-refractivity contribution >= 4 is 5.97 Å². The third kappa shape index (κ3) is 4.23. The third-order valence-corrected chi connectivity index (χ3v) is 1.45. The van der Waals surface area contributed by atoms with Crippen molar-refractivity contribution in [3.63, 3.8) is 0 Å². The molecule has 0 aliphatic heterocycles. The van der Waals surface area contributed by atoms with Gasteiger partial charge in [0.2, 0.25) is 5.92 Å². The van der Waals surface area contributed by atoms with Gasteiger partial charge >= 0.3 is 5.97 Å². The molecule has 0 saturated carbocycles. The highest BCUT2D eigenvalue weighted by Crippen LogP contribution is 2.25. The molecule has 0 aliphatic rings. The third-order valence-electron chi connectivity index (χ3n) is 1.45. The van der Waals surface area contributed by atoms with Crippen molar-refractivity contribution in [3.8, 4) is 0 Å². The van der Waals surface area contributed by atoms with E-state index >= 15 is 0 Å². The van der Waals surface area contributed by atoms with Crippen LogP contribution in [-0.4, -0.2) is 23.0 Å². The molecule has 0 rings (SSSR count). The van der Waals surface area contributed by atoms with Gasteiger partial charge in [0.05, 0.1) is 0 Å². The van der Waals surface area contributed by atoms with E-state index in [-0.39, 0.29) is 6.42 Å². The zero-order valence-electron chi connectivity index (χ0n) is 6.89. The van der Waals surface area contributed by atoms with Gasteiger partial charge in [-0.15, -0.1) is 0 Å². The summed E-state index contributed by atoms with van der Waals surface area (Å²) >= 11 is 0. The Bertz CT molecular complexity index is 161. The highest BCUT2D eigenvalue weighted by atomic mass is 19.3. The number of carboxylic acid groups (broad SMARTS) is 1. The maximum atomic E-state index is 12.7. The molecule has 0 bridgehead atoms. The number of hydrogen-bond acceptors (Lipinski definition) is 2. The molecule has 0 aliphatic carbocycles. The first kappa shape index (κ1) is 11.3. The summed E-state index contributed by atoms with van der Waals surface area (Å²) in [5.41, 5.74) is 4.95. The lowest BCUT2D eigenvalue weighted by molar-refractivity contribution is -0.141. The van der Waals surface area contributed by atoms with E-state index in [1.807, 2.05) is 0 Å². The van der Waals surface area contributed by atoms with Crippen LogP contribution in [-0.2, 0) is 4.79 Å². The Morgan fingerprint density at radius 2 is 2.17 bits per heavy atom. The maximum absolute atomic E-state index is 12.7. The number of rotatable bonds is 5. The van der Waals surface area contributed by atoms with Gasteiger partial charge < -0.3 is 10.8 Å². The second-order valence-corrected chi connectivity index (χ2v) is 2.75. The fraction of sp³-hybridized carbons (Fsp3) is 0.857. The summed E-state index contributed by atoms with van der Waals surface area (Å²) in [6.45, 7) is 1.61. The van der Waals surface area contributed by atoms with E-state index in [2.05, 4.69) is 0 Å². The lowest BCUT2D eigenvalue weighted by atomic mass is 10.1. The Hall–Kier alpha value is -0.710. The van der Waals surface area contributed by atoms with Crippen molar-refractivity contribution in [3.05, 3.63) is 0 Å². The predicted octanol–water partition coefficient (Wildman–Crippen LogP) is 1.22. The lowest BCUT2D eigenvalue weighted by Gasteiger charge is -2.17. The number of hydrogen-bond donors (Lipinski definition) is 2. The quantitative estimate of drug-likeness (QED) is 0.670. The molecule has 3 N–H and O–H groups in total. The lowest BCUT2D eigenvalue weighted by Crippen LogP contribution is -2.36. The Morgan fingerprint density at radius 3 is 2.50 bits per heavy atom. The van der Waals surface area contributed by atoms with Crippen LogP contribution >= 0.6 is 0 Å². The van der Waals surface area contributed by atoms with E-state index in [1.165, 1.54) is 0 Å². The highest BCUT2D eigenvalue weighted by molar-refractivity contribution is 5.73. The molecule has 0 aromatic heterocycles. The second-order valence-electron chi connectivity index (χ2n) is 2.75. The van der Waals surface area contributed by atoms with Gasteiger partial charge in [0.1, 0.15) is 6.04 Å². The number of carbonyl (C=O) groups is 1. The van der Waals surface area contributed by atoms with Crippen LogP contribution in [0, 0.1) is 0 Å². The first-order valence-corrected chi connectivity index (χ1v) is 3.75. The number of aliphatic carboxylic acids is 1. The van der Waals surface area contributed by atoms with E-state index in [0.717, 1.165) is 0 Å². The molecule has 0 unspecified atom stereocenters. The number of carboxylic acids is 1. The van der Waals surface area contributed by atoms with Crippen molar-refractivity contribution in [2.75, 3.05) is 0 Å². The topological polar surface area (TPSA) is 63.3 Å². The number of alkyl halides is 2. The maximum Gasteiger partial charge on any atom is 0.320 e. The van der Waals surface area contributed by atoms with Crippen LogP contribution in [0.1, 0.15) is 26.2 Å². The van der Waals surface area contributed by atoms with Gasteiger partial charge in [-0.2, -0.15) is 0 Å². The minimum absolute atomic E-state index is 0.312. The Balaban J connectivity index is 3.95. The normalized spacial score (nSPS) is 14.3. The fourth-order valence-electron chi connectivity index (χ4n) is 0.877. The second kappa shape index (κ2) is 4.35. The average Bonchev–Trinajstić information content (AvgIpc) is 1.85. The number of nitrogens with two attached hydrogens (primary N) is 1. The van der Waals surface area contributed by atoms with E-state index < -0.39 is 24.4 Å². The van der Waals surface area contributed by atoms with Crippen LogP contribution in [0.2, 0.25) is 0 Å². The van der Waals surface area contributed by atoms with Crippen LogP contribution in [0.15, 0.2) is 0 Å². The van der Waals surface area contributed by atoms with Gasteiger partial charge in [-0.3, -0.25) is 4.79 Å². The largest absolute Gasteiger partial charge is 0.480 e. The van der Waals surface area contributed by atoms with E-state index in [1.54, 1.807) is 6.92 Å². The number of halogens is 2. The molecule has 12 heavy (non-hydrogen) atoms. The van der Waals surface area contributed by atoms with Gasteiger partial charge in [-0.05, 0) is 0 Å². The van der Waals surface area contributed by atoms with E-state index in [9.17, 15) is 13.6 Å². The summed E-state index contributed by atoms with van der Waals surface area (Å²) in [7, 11) is 0. The molecule has 1 atom stereocenters. The average molecular weight is 181 g/mol. The summed E-state index contributed by atoms with van der Waals surface area (Å²) in [6.07, 6.45) is -0.774. The summed E-state index contributed by atoms with van der Waals surface area (Å²) in [6, 6.07) is -1.47. The molecule has 0 saturated heterocycles. The molecule has 5 heteroatoms. The molecule has 0 spiro atoms. The van der Waals surface area contributed by atoms with Crippen LogP contribution in [0.3, 0.4) is 0 Å². The first-order chi connectivity index (χ1) is 5.39. The van der Waals surface area contributed by atoms with Crippen molar-refractivity contribution in [1.29, 1.82) is 0 Å². The van der Waals surface area contributed by atoms with Gasteiger partial charge in [0, 0.05) is 12.8 Å². The SMILES string of the molecule is CCCC(F)(F)C[C@H](N)C(=O)O. The predicted molar refractivity (Wildman–Crippen MR) is 40.1 cm³/mol. The van der Waals surface area contributed by atoms with Crippen molar-refractivity contribution in [2.24, 2.45) is 5.73 Å². The zero-order valence-corrected chi connectivity index (χ0v) is 6.89. The summed E-state index contributed by atoms with van der Waals surface area (Å²) in [4.78, 5) is 10.1. The highest BCUT2D eigenvalue weighted by Gasteiger charge is 2.32. The van der Waals surface area contributed by atoms with Gasteiger partial charge in [0.15, 0.2) is 0 Å². The molecule has 72 valence electrons. The minimum atomic E-state index is -2.95. The van der Waals surface area contributed by atoms with Crippen LogP contribution in [0.5, 0.6) is 0 Å². The van der Waals surface area contributed by atoms with Crippen LogP contribution in [0.25, 0.3) is 0 Å².